The van der Waals surface area contributed by atoms with Crippen LogP contribution in [0.25, 0.3) is 0 Å². The summed E-state index contributed by atoms with van der Waals surface area (Å²) in [7, 11) is -6.53. The molecule has 0 N–H and O–H groups in total. The Morgan fingerprint density at radius 1 is 0.875 bits per heavy atom. The molecule has 14 heteroatoms. The molecule has 0 aromatic rings. The lowest BCUT2D eigenvalue weighted by Gasteiger charge is -2.36. The predicted molar refractivity (Wildman–Crippen MR) is 59.0 cm³/mol. The Kier molecular flexibility index (Phi) is 5.90. The van der Waals surface area contributed by atoms with Crippen molar-refractivity contribution in [3.8, 4) is 6.07 Å². The van der Waals surface area contributed by atoms with Crippen LogP contribution in [0.3, 0.4) is 0 Å². The third-order valence-electron chi connectivity index (χ3n) is 2.93. The minimum absolute atomic E-state index is 0.286. The second kappa shape index (κ2) is 6.23. The normalized spacial score (nSPS) is 17.2. The van der Waals surface area contributed by atoms with Crippen LogP contribution in [0.5, 0.6) is 0 Å². The number of hydrogen-bond donors (Lipinski definition) is 0. The maximum atomic E-state index is 13.9. The summed E-state index contributed by atoms with van der Waals surface area (Å²) < 4.78 is 152. The molecule has 1 atom stereocenters. The maximum Gasteiger partial charge on any atom is 0.390 e. The maximum absolute atomic E-state index is 13.9. The molecule has 0 aromatic carbocycles. The van der Waals surface area contributed by atoms with Crippen molar-refractivity contribution in [1.82, 2.24) is 0 Å². The third-order valence-corrected chi connectivity index (χ3v) is 4.87. The van der Waals surface area contributed by atoms with Crippen molar-refractivity contribution in [2.75, 3.05) is 5.75 Å². The Morgan fingerprint density at radius 3 is 1.58 bits per heavy atom. The first-order valence-corrected chi connectivity index (χ1v) is 7.51. The van der Waals surface area contributed by atoms with E-state index in [0.29, 0.717) is 0 Å². The van der Waals surface area contributed by atoms with Gasteiger partial charge in [0.15, 0.2) is 0 Å². The summed E-state index contributed by atoms with van der Waals surface area (Å²) in [6, 6.07) is -0.388. The first-order valence-electron chi connectivity index (χ1n) is 5.85. The third kappa shape index (κ3) is 3.55. The molecule has 0 fully saturated rings. The van der Waals surface area contributed by atoms with E-state index in [1.807, 2.05) is 0 Å². The Morgan fingerprint density at radius 2 is 1.29 bits per heavy atom. The van der Waals surface area contributed by atoms with Gasteiger partial charge in [-0.2, -0.15) is 44.8 Å². The standard InChI is InChI=1S/C10H9F10NO2S/c1-2-6(11,12)9(17,18)10(19,20)7(13,5-21)24(22,23)4-3-8(14,15)16/h2-4H2,1H3. The molecular formula is C10H9F10NO2S. The second-order valence-electron chi connectivity index (χ2n) is 4.60. The fourth-order valence-corrected chi connectivity index (χ4v) is 2.82. The van der Waals surface area contributed by atoms with Gasteiger partial charge < -0.3 is 0 Å². The average molecular weight is 397 g/mol. The first kappa shape index (κ1) is 22.7. The molecule has 1 unspecified atom stereocenters. The molecule has 0 saturated heterocycles. The van der Waals surface area contributed by atoms with Crippen LogP contribution in [-0.2, 0) is 9.84 Å². The van der Waals surface area contributed by atoms with Crippen molar-refractivity contribution in [2.45, 2.75) is 48.7 Å². The lowest BCUT2D eigenvalue weighted by Crippen LogP contribution is -2.65. The van der Waals surface area contributed by atoms with E-state index in [0.717, 1.165) is 0 Å². The summed E-state index contributed by atoms with van der Waals surface area (Å²) in [6.07, 6.45) is -9.76. The van der Waals surface area contributed by atoms with E-state index in [9.17, 15) is 52.3 Å². The number of nitrogens with zero attached hydrogens (tertiary/aromatic N) is 1. The Hall–Kier alpha value is -1.26. The van der Waals surface area contributed by atoms with E-state index in [-0.39, 0.29) is 13.0 Å². The summed E-state index contributed by atoms with van der Waals surface area (Å²) in [5, 5.41) is 2.25. The molecule has 0 aliphatic heterocycles. The van der Waals surface area contributed by atoms with Gasteiger partial charge in [-0.05, 0) is 0 Å². The van der Waals surface area contributed by atoms with Crippen molar-refractivity contribution in [3.05, 3.63) is 0 Å². The van der Waals surface area contributed by atoms with Crippen LogP contribution in [0.4, 0.5) is 43.9 Å². The first-order chi connectivity index (χ1) is 10.3. The summed E-state index contributed by atoms with van der Waals surface area (Å²) in [5.74, 6) is -21.6. The van der Waals surface area contributed by atoms with E-state index in [1.54, 1.807) is 0 Å². The van der Waals surface area contributed by atoms with Crippen molar-refractivity contribution < 1.29 is 52.3 Å². The number of sulfone groups is 1. The Labute approximate surface area is 129 Å². The monoisotopic (exact) mass is 397 g/mol. The van der Waals surface area contributed by atoms with Crippen molar-refractivity contribution in [1.29, 1.82) is 5.26 Å². The van der Waals surface area contributed by atoms with E-state index in [4.69, 9.17) is 5.26 Å². The highest BCUT2D eigenvalue weighted by atomic mass is 32.2. The summed E-state index contributed by atoms with van der Waals surface area (Å²) in [5.41, 5.74) is 0. The topological polar surface area (TPSA) is 57.9 Å². The molecule has 0 heterocycles. The smallest absolute Gasteiger partial charge is 0.224 e. The van der Waals surface area contributed by atoms with Crippen molar-refractivity contribution >= 4 is 9.84 Å². The van der Waals surface area contributed by atoms with Crippen molar-refractivity contribution in [2.24, 2.45) is 0 Å². The van der Waals surface area contributed by atoms with Gasteiger partial charge in [-0.1, -0.05) is 6.92 Å². The number of alkyl halides is 10. The minimum Gasteiger partial charge on any atom is -0.224 e. The molecule has 0 bridgehead atoms. The highest BCUT2D eigenvalue weighted by Crippen LogP contribution is 2.54. The van der Waals surface area contributed by atoms with Gasteiger partial charge in [0.2, 0.25) is 9.84 Å². The quantitative estimate of drug-likeness (QED) is 0.613. The van der Waals surface area contributed by atoms with E-state index in [1.165, 1.54) is 0 Å². The SMILES string of the molecule is CCC(F)(F)C(F)(F)C(F)(F)C(F)(C#N)S(=O)(=O)CCC(F)(F)F. The Bertz CT molecular complexity index is 606. The van der Waals surface area contributed by atoms with E-state index < -0.39 is 57.4 Å². The molecule has 142 valence electrons. The van der Waals surface area contributed by atoms with Gasteiger partial charge >= 0.3 is 28.9 Å². The van der Waals surface area contributed by atoms with Gasteiger partial charge in [0.05, 0.1) is 12.2 Å². The van der Waals surface area contributed by atoms with Crippen LogP contribution < -0.4 is 0 Å². The summed E-state index contributed by atoms with van der Waals surface area (Å²) in [4.78, 5) is 0. The fourth-order valence-electron chi connectivity index (χ4n) is 1.38. The zero-order valence-corrected chi connectivity index (χ0v) is 12.4. The Balaban J connectivity index is 6.18. The van der Waals surface area contributed by atoms with Crippen LogP contribution in [0.2, 0.25) is 0 Å². The van der Waals surface area contributed by atoms with E-state index >= 15 is 0 Å². The number of halogens is 10. The molecule has 0 rings (SSSR count). The molecule has 0 radical (unpaired) electrons. The fraction of sp³-hybridized carbons (Fsp3) is 0.900. The summed E-state index contributed by atoms with van der Waals surface area (Å²) >= 11 is 0. The average Bonchev–Trinajstić information content (AvgIpc) is 2.42. The van der Waals surface area contributed by atoms with Gasteiger partial charge in [-0.15, -0.1) is 0 Å². The van der Waals surface area contributed by atoms with Gasteiger partial charge in [-0.25, -0.2) is 12.8 Å². The van der Waals surface area contributed by atoms with Crippen LogP contribution in [-0.4, -0.2) is 43.1 Å². The zero-order chi connectivity index (χ0) is 19.8. The molecule has 0 aromatic heterocycles. The molecule has 0 saturated carbocycles. The van der Waals surface area contributed by atoms with Crippen LogP contribution in [0, 0.1) is 11.3 Å². The molecule has 0 aliphatic carbocycles. The second-order valence-corrected chi connectivity index (χ2v) is 6.80. The molecule has 3 nitrogen and oxygen atoms in total. The molecule has 0 aliphatic rings. The summed E-state index contributed by atoms with van der Waals surface area (Å²) in [6.45, 7) is 0.286. The predicted octanol–water partition coefficient (Wildman–Crippen LogP) is 3.86. The van der Waals surface area contributed by atoms with Gasteiger partial charge in [-0.3, -0.25) is 0 Å². The van der Waals surface area contributed by atoms with Crippen LogP contribution >= 0.6 is 0 Å². The van der Waals surface area contributed by atoms with E-state index in [2.05, 4.69) is 0 Å². The van der Waals surface area contributed by atoms with Crippen molar-refractivity contribution in [3.63, 3.8) is 0 Å². The lowest BCUT2D eigenvalue weighted by molar-refractivity contribution is -0.325. The van der Waals surface area contributed by atoms with Gasteiger partial charge in [0.25, 0.3) is 0 Å². The number of nitriles is 1. The highest BCUT2D eigenvalue weighted by molar-refractivity contribution is 7.92. The van der Waals surface area contributed by atoms with Crippen LogP contribution in [0.15, 0.2) is 0 Å². The molecule has 0 amide bonds. The minimum atomic E-state index is -6.82. The largest absolute Gasteiger partial charge is 0.390 e. The molecule has 24 heavy (non-hydrogen) atoms. The molecule has 0 spiro atoms. The number of hydrogen-bond acceptors (Lipinski definition) is 3. The van der Waals surface area contributed by atoms with Gasteiger partial charge in [0, 0.05) is 6.42 Å². The highest BCUT2D eigenvalue weighted by Gasteiger charge is 2.82. The number of rotatable bonds is 7. The van der Waals surface area contributed by atoms with Gasteiger partial charge in [0.1, 0.15) is 6.07 Å². The lowest BCUT2D eigenvalue weighted by atomic mass is 9.99. The zero-order valence-electron chi connectivity index (χ0n) is 11.6. The molecular weight excluding hydrogens is 388 g/mol. The van der Waals surface area contributed by atoms with Crippen LogP contribution in [0.1, 0.15) is 19.8 Å².